The van der Waals surface area contributed by atoms with Gasteiger partial charge in [0.25, 0.3) is 5.91 Å². The highest BCUT2D eigenvalue weighted by Crippen LogP contribution is 2.27. The molecule has 0 bridgehead atoms. The molecular formula is C18H28ClN5O3. The number of ether oxygens (including phenoxy) is 1. The van der Waals surface area contributed by atoms with E-state index in [4.69, 9.17) is 16.3 Å². The molecule has 3 rings (SSSR count). The molecule has 150 valence electrons. The van der Waals surface area contributed by atoms with E-state index in [9.17, 15) is 9.59 Å². The fraction of sp³-hybridized carbons (Fsp3) is 0.722. The lowest BCUT2D eigenvalue weighted by molar-refractivity contribution is 0.0236. The van der Waals surface area contributed by atoms with Gasteiger partial charge in [-0.15, -0.1) is 0 Å². The molecule has 0 spiro atoms. The first-order valence-electron chi connectivity index (χ1n) is 9.36. The van der Waals surface area contributed by atoms with Crippen molar-refractivity contribution in [2.45, 2.75) is 45.9 Å². The predicted octanol–water partition coefficient (Wildman–Crippen LogP) is 2.06. The van der Waals surface area contributed by atoms with Crippen molar-refractivity contribution in [1.82, 2.24) is 24.5 Å². The third-order valence-corrected chi connectivity index (χ3v) is 5.17. The Morgan fingerprint density at radius 1 is 1.04 bits per heavy atom. The minimum absolute atomic E-state index is 0.141. The molecule has 1 saturated heterocycles. The van der Waals surface area contributed by atoms with Gasteiger partial charge in [0, 0.05) is 39.3 Å². The first-order valence-corrected chi connectivity index (χ1v) is 9.74. The van der Waals surface area contributed by atoms with E-state index in [2.05, 4.69) is 10.00 Å². The Bertz CT molecular complexity index is 719. The molecule has 2 aliphatic heterocycles. The van der Waals surface area contributed by atoms with Crippen LogP contribution >= 0.6 is 11.6 Å². The van der Waals surface area contributed by atoms with E-state index in [1.165, 1.54) is 0 Å². The number of rotatable bonds is 1. The summed E-state index contributed by atoms with van der Waals surface area (Å²) in [5, 5.41) is 4.82. The van der Waals surface area contributed by atoms with Crippen LogP contribution in [0.4, 0.5) is 4.79 Å². The van der Waals surface area contributed by atoms with Gasteiger partial charge in [0.05, 0.1) is 17.3 Å². The average Bonchev–Trinajstić information content (AvgIpc) is 2.77. The number of fused-ring (bicyclic) bond motifs is 1. The first-order chi connectivity index (χ1) is 12.7. The Morgan fingerprint density at radius 2 is 1.70 bits per heavy atom. The zero-order chi connectivity index (χ0) is 19.8. The van der Waals surface area contributed by atoms with Crippen molar-refractivity contribution in [2.75, 3.05) is 39.8 Å². The van der Waals surface area contributed by atoms with Crippen molar-refractivity contribution in [2.24, 2.45) is 0 Å². The summed E-state index contributed by atoms with van der Waals surface area (Å²) in [5.74, 6) is -0.141. The monoisotopic (exact) mass is 397 g/mol. The van der Waals surface area contributed by atoms with Gasteiger partial charge in [-0.2, -0.15) is 5.10 Å². The van der Waals surface area contributed by atoms with Crippen LogP contribution in [0.1, 0.15) is 43.4 Å². The number of aromatic nitrogens is 2. The number of likely N-dealkylation sites (N-methyl/N-ethyl adjacent to an activating group) is 1. The highest BCUT2D eigenvalue weighted by Gasteiger charge is 2.31. The summed E-state index contributed by atoms with van der Waals surface area (Å²) in [5.41, 5.74) is 0.412. The molecule has 1 fully saturated rings. The van der Waals surface area contributed by atoms with Gasteiger partial charge < -0.3 is 19.4 Å². The van der Waals surface area contributed by atoms with E-state index in [0.29, 0.717) is 36.9 Å². The zero-order valence-electron chi connectivity index (χ0n) is 16.5. The summed E-state index contributed by atoms with van der Waals surface area (Å²) < 4.78 is 7.24. The highest BCUT2D eigenvalue weighted by molar-refractivity contribution is 6.34. The second-order valence-corrected chi connectivity index (χ2v) is 8.56. The second-order valence-electron chi connectivity index (χ2n) is 8.18. The standard InChI is InChI=1S/C18H28ClN5O3/c1-18(2,3)27-17(26)23-6-5-7-24-13(12-23)14(19)15(20-24)16(25)22-10-8-21(4)9-11-22/h5-12H2,1-4H3. The summed E-state index contributed by atoms with van der Waals surface area (Å²) >= 11 is 6.54. The third kappa shape index (κ3) is 4.55. The van der Waals surface area contributed by atoms with E-state index in [1.807, 2.05) is 27.8 Å². The summed E-state index contributed by atoms with van der Waals surface area (Å²) in [6.45, 7) is 9.99. The Labute approximate surface area is 165 Å². The van der Waals surface area contributed by atoms with Gasteiger partial charge >= 0.3 is 6.09 Å². The summed E-state index contributed by atoms with van der Waals surface area (Å²) in [7, 11) is 2.04. The van der Waals surface area contributed by atoms with Crippen LogP contribution in [0.3, 0.4) is 0 Å². The number of hydrogen-bond acceptors (Lipinski definition) is 5. The SMILES string of the molecule is CN1CCN(C(=O)c2nn3c(c2Cl)CN(C(=O)OC(C)(C)C)CCC3)CC1. The van der Waals surface area contributed by atoms with Crippen molar-refractivity contribution in [3.8, 4) is 0 Å². The predicted molar refractivity (Wildman–Crippen MR) is 102 cm³/mol. The van der Waals surface area contributed by atoms with E-state index in [-0.39, 0.29) is 24.2 Å². The van der Waals surface area contributed by atoms with Gasteiger partial charge in [-0.05, 0) is 34.2 Å². The average molecular weight is 398 g/mol. The maximum atomic E-state index is 12.9. The number of hydrogen-bond donors (Lipinski definition) is 0. The van der Waals surface area contributed by atoms with Crippen LogP contribution in [-0.4, -0.2) is 81.9 Å². The van der Waals surface area contributed by atoms with Gasteiger partial charge in [-0.3, -0.25) is 9.48 Å². The van der Waals surface area contributed by atoms with Crippen molar-refractivity contribution in [3.63, 3.8) is 0 Å². The third-order valence-electron chi connectivity index (χ3n) is 4.78. The van der Waals surface area contributed by atoms with Crippen molar-refractivity contribution in [1.29, 1.82) is 0 Å². The maximum absolute atomic E-state index is 12.9. The summed E-state index contributed by atoms with van der Waals surface area (Å²) in [6.07, 6.45) is 0.354. The molecule has 3 heterocycles. The van der Waals surface area contributed by atoms with E-state index in [1.54, 1.807) is 14.5 Å². The lowest BCUT2D eigenvalue weighted by atomic mass is 10.2. The van der Waals surface area contributed by atoms with Crippen LogP contribution < -0.4 is 0 Å². The number of carbonyl (C=O) groups excluding carboxylic acids is 2. The van der Waals surface area contributed by atoms with Crippen LogP contribution in [0, 0.1) is 0 Å². The van der Waals surface area contributed by atoms with E-state index >= 15 is 0 Å². The molecule has 1 aromatic heterocycles. The summed E-state index contributed by atoms with van der Waals surface area (Å²) in [6, 6.07) is 0. The minimum Gasteiger partial charge on any atom is -0.444 e. The molecule has 2 aliphatic rings. The first kappa shape index (κ1) is 19.9. The van der Waals surface area contributed by atoms with Gasteiger partial charge in [0.1, 0.15) is 5.60 Å². The molecule has 2 amide bonds. The smallest absolute Gasteiger partial charge is 0.410 e. The van der Waals surface area contributed by atoms with Crippen LogP contribution in [-0.2, 0) is 17.8 Å². The molecule has 0 atom stereocenters. The number of nitrogens with zero attached hydrogens (tertiary/aromatic N) is 5. The molecule has 8 nitrogen and oxygen atoms in total. The lowest BCUT2D eigenvalue weighted by Crippen LogP contribution is -2.47. The van der Waals surface area contributed by atoms with E-state index < -0.39 is 5.60 Å². The fourth-order valence-corrected chi connectivity index (χ4v) is 3.54. The van der Waals surface area contributed by atoms with Gasteiger partial charge in [0.15, 0.2) is 5.69 Å². The van der Waals surface area contributed by atoms with Gasteiger partial charge in [0.2, 0.25) is 0 Å². The fourth-order valence-electron chi connectivity index (χ4n) is 3.26. The van der Waals surface area contributed by atoms with Gasteiger partial charge in [-0.1, -0.05) is 11.6 Å². The Balaban J connectivity index is 1.78. The van der Waals surface area contributed by atoms with Crippen LogP contribution in [0.2, 0.25) is 5.02 Å². The topological polar surface area (TPSA) is 70.9 Å². The van der Waals surface area contributed by atoms with Crippen LogP contribution in [0.25, 0.3) is 0 Å². The van der Waals surface area contributed by atoms with Crippen molar-refractivity contribution < 1.29 is 14.3 Å². The van der Waals surface area contributed by atoms with Crippen LogP contribution in [0.15, 0.2) is 0 Å². The second kappa shape index (κ2) is 7.67. The molecule has 27 heavy (non-hydrogen) atoms. The molecule has 0 aliphatic carbocycles. The Morgan fingerprint density at radius 3 is 2.33 bits per heavy atom. The van der Waals surface area contributed by atoms with Crippen LogP contribution in [0.5, 0.6) is 0 Å². The molecule has 0 saturated carbocycles. The molecule has 0 radical (unpaired) electrons. The largest absolute Gasteiger partial charge is 0.444 e. The van der Waals surface area contributed by atoms with Crippen molar-refractivity contribution in [3.05, 3.63) is 16.4 Å². The van der Waals surface area contributed by atoms with E-state index in [0.717, 1.165) is 19.5 Å². The van der Waals surface area contributed by atoms with Crippen molar-refractivity contribution >= 4 is 23.6 Å². The molecular weight excluding hydrogens is 370 g/mol. The number of amides is 2. The molecule has 1 aromatic rings. The Kier molecular flexibility index (Phi) is 5.67. The number of piperazine rings is 1. The zero-order valence-corrected chi connectivity index (χ0v) is 17.3. The number of carbonyl (C=O) groups is 2. The van der Waals surface area contributed by atoms with Gasteiger partial charge in [-0.25, -0.2) is 4.79 Å². The lowest BCUT2D eigenvalue weighted by Gasteiger charge is -2.32. The minimum atomic E-state index is -0.560. The highest BCUT2D eigenvalue weighted by atomic mass is 35.5. The number of aryl methyl sites for hydroxylation is 1. The molecule has 9 heteroatoms. The summed E-state index contributed by atoms with van der Waals surface area (Å²) in [4.78, 5) is 30.9. The Hall–Kier alpha value is -1.80. The molecule has 0 N–H and O–H groups in total. The number of halogens is 1. The normalized spacial score (nSPS) is 18.9. The maximum Gasteiger partial charge on any atom is 0.410 e. The quantitative estimate of drug-likeness (QED) is 0.725. The molecule has 0 unspecified atom stereocenters. The molecule has 0 aromatic carbocycles.